The molecule has 4 amide bonds. The number of imide groups is 1. The van der Waals surface area contributed by atoms with Gasteiger partial charge < -0.3 is 10.2 Å². The van der Waals surface area contributed by atoms with E-state index in [1.165, 1.54) is 17.0 Å². The number of hydrogen-bond acceptors (Lipinski definition) is 4. The summed E-state index contributed by atoms with van der Waals surface area (Å²) in [5.74, 6) is -1.66. The molecular formula is C27H32FN3O4. The predicted octanol–water partition coefficient (Wildman–Crippen LogP) is 3.92. The number of amides is 4. The van der Waals surface area contributed by atoms with Gasteiger partial charge in [-0.1, -0.05) is 31.2 Å². The van der Waals surface area contributed by atoms with Crippen molar-refractivity contribution in [1.29, 1.82) is 0 Å². The number of rotatable bonds is 9. The van der Waals surface area contributed by atoms with Gasteiger partial charge in [0.2, 0.25) is 11.8 Å². The van der Waals surface area contributed by atoms with E-state index in [9.17, 15) is 23.6 Å². The van der Waals surface area contributed by atoms with E-state index < -0.39 is 11.6 Å². The van der Waals surface area contributed by atoms with E-state index in [0.29, 0.717) is 23.1 Å². The van der Waals surface area contributed by atoms with Gasteiger partial charge in [0.15, 0.2) is 0 Å². The van der Waals surface area contributed by atoms with Crippen LogP contribution in [0.15, 0.2) is 48.5 Å². The van der Waals surface area contributed by atoms with Gasteiger partial charge in [-0.15, -0.1) is 0 Å². The highest BCUT2D eigenvalue weighted by molar-refractivity contribution is 6.21. The van der Waals surface area contributed by atoms with Crippen molar-refractivity contribution in [2.45, 2.75) is 65.1 Å². The lowest BCUT2D eigenvalue weighted by Crippen LogP contribution is -2.53. The van der Waals surface area contributed by atoms with Crippen LogP contribution in [0.5, 0.6) is 0 Å². The fourth-order valence-corrected chi connectivity index (χ4v) is 4.13. The topological polar surface area (TPSA) is 86.8 Å². The van der Waals surface area contributed by atoms with E-state index in [0.717, 1.165) is 4.90 Å². The first kappa shape index (κ1) is 26.1. The SMILES string of the molecule is CC[C@H](C(=O)NC(C)(C)C)N(Cc1ccc(F)cc1)C(=O)CCCN1C(=O)c2ccccc2C1=O. The van der Waals surface area contributed by atoms with Crippen LogP contribution < -0.4 is 5.32 Å². The lowest BCUT2D eigenvalue weighted by Gasteiger charge is -2.33. The van der Waals surface area contributed by atoms with Crippen molar-refractivity contribution in [3.8, 4) is 0 Å². The molecule has 0 fully saturated rings. The maximum Gasteiger partial charge on any atom is 0.261 e. The van der Waals surface area contributed by atoms with Crippen molar-refractivity contribution in [2.75, 3.05) is 6.54 Å². The van der Waals surface area contributed by atoms with Gasteiger partial charge in [-0.25, -0.2) is 4.39 Å². The summed E-state index contributed by atoms with van der Waals surface area (Å²) in [7, 11) is 0. The summed E-state index contributed by atoms with van der Waals surface area (Å²) in [4.78, 5) is 54.2. The van der Waals surface area contributed by atoms with E-state index in [-0.39, 0.29) is 55.4 Å². The quantitative estimate of drug-likeness (QED) is 0.550. The Morgan fingerprint density at radius 1 is 1.00 bits per heavy atom. The largest absolute Gasteiger partial charge is 0.350 e. The molecule has 1 heterocycles. The molecule has 1 aliphatic rings. The number of benzene rings is 2. The van der Waals surface area contributed by atoms with Gasteiger partial charge >= 0.3 is 0 Å². The number of carbonyl (C=O) groups is 4. The third-order valence-electron chi connectivity index (χ3n) is 5.80. The molecule has 1 atom stereocenters. The molecule has 0 saturated carbocycles. The Bertz CT molecular complexity index is 1070. The van der Waals surface area contributed by atoms with E-state index in [1.54, 1.807) is 36.4 Å². The number of hydrogen-bond donors (Lipinski definition) is 1. The lowest BCUT2D eigenvalue weighted by molar-refractivity contribution is -0.142. The Labute approximate surface area is 205 Å². The van der Waals surface area contributed by atoms with Crippen molar-refractivity contribution >= 4 is 23.6 Å². The molecule has 0 bridgehead atoms. The Hall–Kier alpha value is -3.55. The number of carbonyl (C=O) groups excluding carboxylic acids is 4. The molecule has 0 unspecified atom stereocenters. The molecule has 0 saturated heterocycles. The first-order valence-corrected chi connectivity index (χ1v) is 11.8. The van der Waals surface area contributed by atoms with Crippen LogP contribution >= 0.6 is 0 Å². The van der Waals surface area contributed by atoms with Crippen LogP contribution in [-0.4, -0.2) is 51.6 Å². The van der Waals surface area contributed by atoms with Crippen molar-refractivity contribution in [2.24, 2.45) is 0 Å². The van der Waals surface area contributed by atoms with Gasteiger partial charge in [-0.3, -0.25) is 24.1 Å². The highest BCUT2D eigenvalue weighted by atomic mass is 19.1. The number of nitrogens with zero attached hydrogens (tertiary/aromatic N) is 2. The normalized spacial score (nSPS) is 14.0. The van der Waals surface area contributed by atoms with Crippen LogP contribution in [0.2, 0.25) is 0 Å². The number of nitrogens with one attached hydrogen (secondary N) is 1. The molecule has 2 aromatic rings. The second-order valence-corrected chi connectivity index (χ2v) is 9.72. The van der Waals surface area contributed by atoms with Crippen LogP contribution in [-0.2, 0) is 16.1 Å². The summed E-state index contributed by atoms with van der Waals surface area (Å²) in [6, 6.07) is 11.7. The molecule has 186 valence electrons. The average molecular weight is 482 g/mol. The van der Waals surface area contributed by atoms with Gasteiger partial charge in [-0.2, -0.15) is 0 Å². The second-order valence-electron chi connectivity index (χ2n) is 9.72. The minimum absolute atomic E-state index is 0.0495. The number of halogens is 1. The monoisotopic (exact) mass is 481 g/mol. The van der Waals surface area contributed by atoms with E-state index >= 15 is 0 Å². The summed E-state index contributed by atoms with van der Waals surface area (Å²) in [5, 5.41) is 2.93. The number of fused-ring (bicyclic) bond motifs is 1. The van der Waals surface area contributed by atoms with Crippen molar-refractivity contribution in [3.05, 3.63) is 71.0 Å². The molecule has 1 N–H and O–H groups in total. The minimum Gasteiger partial charge on any atom is -0.350 e. The summed E-state index contributed by atoms with van der Waals surface area (Å²) in [6.45, 7) is 7.68. The van der Waals surface area contributed by atoms with Crippen LogP contribution in [0.25, 0.3) is 0 Å². The molecule has 35 heavy (non-hydrogen) atoms. The molecular weight excluding hydrogens is 449 g/mol. The standard InChI is InChI=1S/C27H32FN3O4/c1-5-22(24(33)29-27(2,3)4)31(17-18-12-14-19(28)15-13-18)23(32)11-8-16-30-25(34)20-9-6-7-10-21(20)26(30)35/h6-7,9-10,12-15,22H,5,8,11,16-17H2,1-4H3,(H,29,33)/t22-/m1/s1. The van der Waals surface area contributed by atoms with E-state index in [4.69, 9.17) is 0 Å². The van der Waals surface area contributed by atoms with Gasteiger partial charge in [0.1, 0.15) is 11.9 Å². The first-order chi connectivity index (χ1) is 16.5. The van der Waals surface area contributed by atoms with Crippen LogP contribution in [0.1, 0.15) is 73.2 Å². The van der Waals surface area contributed by atoms with E-state index in [1.807, 2.05) is 27.7 Å². The molecule has 0 spiro atoms. The fraction of sp³-hybridized carbons (Fsp3) is 0.407. The smallest absolute Gasteiger partial charge is 0.261 e. The molecule has 0 aromatic heterocycles. The van der Waals surface area contributed by atoms with Gasteiger partial charge in [0.05, 0.1) is 11.1 Å². The van der Waals surface area contributed by atoms with Gasteiger partial charge in [0.25, 0.3) is 11.8 Å². The lowest BCUT2D eigenvalue weighted by atomic mass is 10.0. The molecule has 0 radical (unpaired) electrons. The Balaban J connectivity index is 1.72. The fourth-order valence-electron chi connectivity index (χ4n) is 4.13. The summed E-state index contributed by atoms with van der Waals surface area (Å²) in [6.07, 6.45) is 0.711. The highest BCUT2D eigenvalue weighted by Gasteiger charge is 2.35. The Morgan fingerprint density at radius 3 is 2.09 bits per heavy atom. The Morgan fingerprint density at radius 2 is 1.57 bits per heavy atom. The third-order valence-corrected chi connectivity index (χ3v) is 5.80. The predicted molar refractivity (Wildman–Crippen MR) is 130 cm³/mol. The summed E-state index contributed by atoms with van der Waals surface area (Å²) >= 11 is 0. The van der Waals surface area contributed by atoms with Crippen LogP contribution in [0, 0.1) is 5.82 Å². The summed E-state index contributed by atoms with van der Waals surface area (Å²) < 4.78 is 13.4. The van der Waals surface area contributed by atoms with Gasteiger partial charge in [-0.05, 0) is 63.4 Å². The van der Waals surface area contributed by atoms with Gasteiger partial charge in [0, 0.05) is 25.0 Å². The van der Waals surface area contributed by atoms with E-state index in [2.05, 4.69) is 5.32 Å². The van der Waals surface area contributed by atoms with Crippen LogP contribution in [0.4, 0.5) is 4.39 Å². The Kier molecular flexibility index (Phi) is 8.04. The molecule has 3 rings (SSSR count). The molecule has 7 nitrogen and oxygen atoms in total. The van der Waals surface area contributed by atoms with Crippen LogP contribution in [0.3, 0.4) is 0 Å². The first-order valence-electron chi connectivity index (χ1n) is 11.8. The zero-order valence-corrected chi connectivity index (χ0v) is 20.6. The van der Waals surface area contributed by atoms with Crippen molar-refractivity contribution in [3.63, 3.8) is 0 Å². The molecule has 0 aliphatic carbocycles. The maximum absolute atomic E-state index is 13.4. The zero-order chi connectivity index (χ0) is 25.8. The maximum atomic E-state index is 13.4. The molecule has 8 heteroatoms. The minimum atomic E-state index is -0.717. The third kappa shape index (κ3) is 6.32. The average Bonchev–Trinajstić information content (AvgIpc) is 3.04. The molecule has 1 aliphatic heterocycles. The second kappa shape index (κ2) is 10.8. The highest BCUT2D eigenvalue weighted by Crippen LogP contribution is 2.23. The summed E-state index contributed by atoms with van der Waals surface area (Å²) in [5.41, 5.74) is 0.959. The van der Waals surface area contributed by atoms with Crippen molar-refractivity contribution < 1.29 is 23.6 Å². The zero-order valence-electron chi connectivity index (χ0n) is 20.6. The molecule has 2 aromatic carbocycles. The van der Waals surface area contributed by atoms with Crippen molar-refractivity contribution in [1.82, 2.24) is 15.1 Å².